The lowest BCUT2D eigenvalue weighted by Gasteiger charge is -2.29. The number of carbonyl (C=O) groups is 1. The summed E-state index contributed by atoms with van der Waals surface area (Å²) < 4.78 is 5.27. The second kappa shape index (κ2) is 5.59. The van der Waals surface area contributed by atoms with Crippen molar-refractivity contribution in [2.24, 2.45) is 5.11 Å². The van der Waals surface area contributed by atoms with Gasteiger partial charge in [-0.15, -0.1) is 0 Å². The molecule has 0 saturated heterocycles. The molecule has 1 aliphatic heterocycles. The van der Waals surface area contributed by atoms with Crippen LogP contribution in [0, 0.1) is 0 Å². The Bertz CT molecular complexity index is 364. The van der Waals surface area contributed by atoms with E-state index < -0.39 is 5.60 Å². The third-order valence-corrected chi connectivity index (χ3v) is 2.29. The lowest BCUT2D eigenvalue weighted by molar-refractivity contribution is 0.0266. The monoisotopic (exact) mass is 238 g/mol. The van der Waals surface area contributed by atoms with Crippen molar-refractivity contribution in [3.8, 4) is 0 Å². The Morgan fingerprint density at radius 2 is 2.35 bits per heavy atom. The van der Waals surface area contributed by atoms with Crippen LogP contribution in [-0.2, 0) is 4.74 Å². The minimum absolute atomic E-state index is 0.295. The van der Waals surface area contributed by atoms with Gasteiger partial charge in [-0.1, -0.05) is 16.8 Å². The summed E-state index contributed by atoms with van der Waals surface area (Å²) in [5, 5.41) is 3.50. The summed E-state index contributed by atoms with van der Waals surface area (Å²) in [7, 11) is 0. The lowest BCUT2D eigenvalue weighted by Crippen LogP contribution is -2.39. The smallest absolute Gasteiger partial charge is 0.410 e. The Kier molecular flexibility index (Phi) is 4.40. The van der Waals surface area contributed by atoms with Crippen LogP contribution in [0.25, 0.3) is 10.4 Å². The summed E-state index contributed by atoms with van der Waals surface area (Å²) in [5.41, 5.74) is 8.82. The molecule has 1 rings (SSSR count). The average molecular weight is 238 g/mol. The predicted octanol–water partition coefficient (Wildman–Crippen LogP) is 2.86. The molecule has 0 radical (unpaired) electrons. The van der Waals surface area contributed by atoms with Crippen molar-refractivity contribution < 1.29 is 9.53 Å². The van der Waals surface area contributed by atoms with Crippen molar-refractivity contribution in [2.75, 3.05) is 19.6 Å². The Hall–Kier alpha value is -1.68. The fraction of sp³-hybridized carbons (Fsp3) is 0.727. The highest BCUT2D eigenvalue weighted by Gasteiger charge is 2.23. The van der Waals surface area contributed by atoms with Gasteiger partial charge in [0, 0.05) is 24.5 Å². The molecule has 0 aliphatic carbocycles. The first-order valence-corrected chi connectivity index (χ1v) is 5.59. The van der Waals surface area contributed by atoms with Crippen LogP contribution in [0.2, 0.25) is 0 Å². The van der Waals surface area contributed by atoms with E-state index in [9.17, 15) is 4.79 Å². The Morgan fingerprint density at radius 1 is 1.65 bits per heavy atom. The molecule has 1 amide bonds. The van der Waals surface area contributed by atoms with Crippen molar-refractivity contribution in [3.63, 3.8) is 0 Å². The molecule has 0 unspecified atom stereocenters. The van der Waals surface area contributed by atoms with Crippen molar-refractivity contribution in [3.05, 3.63) is 22.1 Å². The standard InChI is InChI=1S/C11H18N4O2/c1-11(2,3)17-10(16)15-6-4-9(5-7-15)8-13-14-12/h4H,5-8H2,1-3H3. The quantitative estimate of drug-likeness (QED) is 0.321. The Morgan fingerprint density at radius 3 is 2.82 bits per heavy atom. The van der Waals surface area contributed by atoms with Gasteiger partial charge in [0.2, 0.25) is 0 Å². The molecule has 6 heteroatoms. The average Bonchev–Trinajstić information content (AvgIpc) is 2.24. The van der Waals surface area contributed by atoms with Crippen molar-refractivity contribution in [1.82, 2.24) is 4.90 Å². The number of azide groups is 1. The van der Waals surface area contributed by atoms with E-state index in [1.807, 2.05) is 26.8 Å². The minimum atomic E-state index is -0.466. The van der Waals surface area contributed by atoms with Crippen molar-refractivity contribution in [2.45, 2.75) is 32.8 Å². The minimum Gasteiger partial charge on any atom is -0.444 e. The molecule has 6 nitrogen and oxygen atoms in total. The lowest BCUT2D eigenvalue weighted by atomic mass is 10.1. The fourth-order valence-electron chi connectivity index (χ4n) is 1.47. The molecular weight excluding hydrogens is 220 g/mol. The van der Waals surface area contributed by atoms with Crippen LogP contribution in [0.3, 0.4) is 0 Å². The first-order chi connectivity index (χ1) is 7.92. The Balaban J connectivity index is 2.48. The summed E-state index contributed by atoms with van der Waals surface area (Å²) in [4.78, 5) is 16.1. The number of hydrogen-bond donors (Lipinski definition) is 0. The van der Waals surface area contributed by atoms with Crippen LogP contribution < -0.4 is 0 Å². The molecule has 94 valence electrons. The number of rotatable bonds is 2. The number of nitrogens with zero attached hydrogens (tertiary/aromatic N) is 4. The number of ether oxygens (including phenoxy) is 1. The number of carbonyl (C=O) groups excluding carboxylic acids is 1. The van der Waals surface area contributed by atoms with Gasteiger partial charge in [-0.05, 0) is 32.7 Å². The first-order valence-electron chi connectivity index (χ1n) is 5.59. The van der Waals surface area contributed by atoms with E-state index >= 15 is 0 Å². The largest absolute Gasteiger partial charge is 0.444 e. The molecule has 1 aliphatic rings. The van der Waals surface area contributed by atoms with Crippen LogP contribution in [-0.4, -0.2) is 36.2 Å². The SMILES string of the molecule is CC(C)(C)OC(=O)N1CC=C(CN=[N+]=[N-])CC1. The fourth-order valence-corrected chi connectivity index (χ4v) is 1.47. The van der Waals surface area contributed by atoms with Gasteiger partial charge in [-0.25, -0.2) is 4.79 Å². The molecular formula is C11H18N4O2. The zero-order chi connectivity index (χ0) is 12.9. The molecule has 0 aromatic rings. The highest BCUT2D eigenvalue weighted by atomic mass is 16.6. The van der Waals surface area contributed by atoms with E-state index in [-0.39, 0.29) is 6.09 Å². The van der Waals surface area contributed by atoms with Gasteiger partial charge in [-0.3, -0.25) is 0 Å². The van der Waals surface area contributed by atoms with E-state index in [4.69, 9.17) is 10.3 Å². The maximum atomic E-state index is 11.7. The van der Waals surface area contributed by atoms with Gasteiger partial charge in [-0.2, -0.15) is 0 Å². The van der Waals surface area contributed by atoms with E-state index in [0.717, 1.165) is 12.0 Å². The summed E-state index contributed by atoms with van der Waals surface area (Å²) in [6.07, 6.45) is 2.36. The van der Waals surface area contributed by atoms with Crippen molar-refractivity contribution >= 4 is 6.09 Å². The molecule has 0 atom stereocenters. The van der Waals surface area contributed by atoms with E-state index in [1.54, 1.807) is 4.90 Å². The maximum Gasteiger partial charge on any atom is 0.410 e. The first kappa shape index (κ1) is 13.4. The highest BCUT2D eigenvalue weighted by Crippen LogP contribution is 2.15. The predicted molar refractivity (Wildman–Crippen MR) is 64.5 cm³/mol. The van der Waals surface area contributed by atoms with E-state index in [1.165, 1.54) is 0 Å². The topological polar surface area (TPSA) is 78.3 Å². The van der Waals surface area contributed by atoms with Crippen LogP contribution in [0.1, 0.15) is 27.2 Å². The van der Waals surface area contributed by atoms with Gasteiger partial charge in [0.15, 0.2) is 0 Å². The van der Waals surface area contributed by atoms with E-state index in [0.29, 0.717) is 19.6 Å². The Labute approximate surface area is 101 Å². The van der Waals surface area contributed by atoms with Crippen LogP contribution in [0.15, 0.2) is 16.8 Å². The van der Waals surface area contributed by atoms with Gasteiger partial charge in [0.05, 0.1) is 0 Å². The van der Waals surface area contributed by atoms with Gasteiger partial charge in [0.25, 0.3) is 0 Å². The summed E-state index contributed by atoms with van der Waals surface area (Å²) in [6.45, 7) is 7.05. The van der Waals surface area contributed by atoms with E-state index in [2.05, 4.69) is 10.0 Å². The molecule has 0 fully saturated rings. The number of hydrogen-bond acceptors (Lipinski definition) is 3. The molecule has 0 aromatic carbocycles. The highest BCUT2D eigenvalue weighted by molar-refractivity contribution is 5.68. The zero-order valence-electron chi connectivity index (χ0n) is 10.5. The maximum absolute atomic E-state index is 11.7. The molecule has 0 bridgehead atoms. The van der Waals surface area contributed by atoms with Gasteiger partial charge < -0.3 is 9.64 Å². The molecule has 1 heterocycles. The third-order valence-electron chi connectivity index (χ3n) is 2.29. The van der Waals surface area contributed by atoms with Gasteiger partial charge in [0.1, 0.15) is 5.60 Å². The summed E-state index contributed by atoms with van der Waals surface area (Å²) >= 11 is 0. The van der Waals surface area contributed by atoms with Crippen LogP contribution in [0.4, 0.5) is 4.79 Å². The third kappa shape index (κ3) is 4.78. The summed E-state index contributed by atoms with van der Waals surface area (Å²) in [5.74, 6) is 0. The second-order valence-corrected chi connectivity index (χ2v) is 4.93. The van der Waals surface area contributed by atoms with Crippen LogP contribution in [0.5, 0.6) is 0 Å². The normalized spacial score (nSPS) is 15.9. The molecule has 0 spiro atoms. The molecule has 0 N–H and O–H groups in total. The van der Waals surface area contributed by atoms with Crippen LogP contribution >= 0.6 is 0 Å². The second-order valence-electron chi connectivity index (χ2n) is 4.93. The van der Waals surface area contributed by atoms with Gasteiger partial charge >= 0.3 is 6.09 Å². The molecule has 0 aromatic heterocycles. The van der Waals surface area contributed by atoms with Crippen molar-refractivity contribution in [1.29, 1.82) is 0 Å². The zero-order valence-corrected chi connectivity index (χ0v) is 10.5. The number of amides is 1. The molecule has 0 saturated carbocycles. The summed E-state index contributed by atoms with van der Waals surface area (Å²) in [6, 6.07) is 0. The molecule has 17 heavy (non-hydrogen) atoms.